The van der Waals surface area contributed by atoms with Gasteiger partial charge in [-0.2, -0.15) is 0 Å². The van der Waals surface area contributed by atoms with Crippen LogP contribution in [-0.2, 0) is 11.8 Å². The van der Waals surface area contributed by atoms with Crippen molar-refractivity contribution in [3.8, 4) is 5.75 Å². The van der Waals surface area contributed by atoms with E-state index in [1.165, 1.54) is 11.3 Å². The van der Waals surface area contributed by atoms with Gasteiger partial charge in [0.25, 0.3) is 0 Å². The van der Waals surface area contributed by atoms with E-state index in [0.29, 0.717) is 11.8 Å². The van der Waals surface area contributed by atoms with Gasteiger partial charge in [-0.3, -0.25) is 4.68 Å². The van der Waals surface area contributed by atoms with Gasteiger partial charge in [-0.1, -0.05) is 23.4 Å². The number of aryl methyl sites for hydroxylation is 2. The summed E-state index contributed by atoms with van der Waals surface area (Å²) in [6, 6.07) is 8.19. The highest BCUT2D eigenvalue weighted by Gasteiger charge is 2.29. The third kappa shape index (κ3) is 2.65. The average molecular weight is 287 g/mol. The number of benzene rings is 1. The van der Waals surface area contributed by atoms with Crippen LogP contribution in [0.25, 0.3) is 0 Å². The second-order valence-corrected chi connectivity index (χ2v) is 5.59. The Bertz CT molecular complexity index is 604. The first-order chi connectivity index (χ1) is 10.2. The highest BCUT2D eigenvalue weighted by atomic mass is 16.5. The summed E-state index contributed by atoms with van der Waals surface area (Å²) in [5, 5.41) is 8.26. The summed E-state index contributed by atoms with van der Waals surface area (Å²) in [5.74, 6) is 1.61. The van der Waals surface area contributed by atoms with Gasteiger partial charge < -0.3 is 9.47 Å². The molecule has 0 N–H and O–H groups in total. The van der Waals surface area contributed by atoms with Gasteiger partial charge in [-0.15, -0.1) is 5.10 Å². The fourth-order valence-corrected chi connectivity index (χ4v) is 3.27. The lowest BCUT2D eigenvalue weighted by atomic mass is 9.85. The zero-order valence-electron chi connectivity index (χ0n) is 12.7. The number of rotatable bonds is 3. The smallest absolute Gasteiger partial charge is 0.122 e. The van der Waals surface area contributed by atoms with E-state index >= 15 is 0 Å². The first kappa shape index (κ1) is 14.1. The van der Waals surface area contributed by atoms with Crippen LogP contribution in [0.3, 0.4) is 0 Å². The molecule has 2 atom stereocenters. The second kappa shape index (κ2) is 5.85. The van der Waals surface area contributed by atoms with Gasteiger partial charge in [-0.25, -0.2) is 0 Å². The number of para-hydroxylation sites is 1. The minimum Gasteiger partial charge on any atom is -0.496 e. The van der Waals surface area contributed by atoms with Crippen molar-refractivity contribution in [2.45, 2.75) is 25.2 Å². The predicted molar refractivity (Wildman–Crippen MR) is 79.7 cm³/mol. The number of aromatic nitrogens is 3. The molecule has 1 aromatic heterocycles. The maximum Gasteiger partial charge on any atom is 0.122 e. The Morgan fingerprint density at radius 3 is 2.71 bits per heavy atom. The summed E-state index contributed by atoms with van der Waals surface area (Å²) in [5.41, 5.74) is 3.39. The van der Waals surface area contributed by atoms with Crippen molar-refractivity contribution in [1.29, 1.82) is 0 Å². The molecule has 1 saturated heterocycles. The molecule has 1 aliphatic rings. The third-order valence-electron chi connectivity index (χ3n) is 4.22. The molecule has 1 fully saturated rings. The molecule has 5 nitrogen and oxygen atoms in total. The molecule has 2 heterocycles. The van der Waals surface area contributed by atoms with Crippen LogP contribution in [0, 0.1) is 6.92 Å². The molecule has 1 aromatic carbocycles. The molecule has 21 heavy (non-hydrogen) atoms. The Hall–Kier alpha value is -1.88. The zero-order chi connectivity index (χ0) is 14.8. The first-order valence-electron chi connectivity index (χ1n) is 7.27. The van der Waals surface area contributed by atoms with Crippen LogP contribution in [0.15, 0.2) is 24.3 Å². The predicted octanol–water partition coefficient (Wildman–Crippen LogP) is 2.42. The highest BCUT2D eigenvalue weighted by molar-refractivity contribution is 5.37. The molecular formula is C16H21N3O2. The molecule has 0 amide bonds. The van der Waals surface area contributed by atoms with Crippen LogP contribution in [0.4, 0.5) is 0 Å². The number of methoxy groups -OCH3 is 1. The number of hydrogen-bond acceptors (Lipinski definition) is 4. The Balaban J connectivity index is 1.86. The van der Waals surface area contributed by atoms with Gasteiger partial charge in [0.15, 0.2) is 0 Å². The van der Waals surface area contributed by atoms with Crippen molar-refractivity contribution >= 4 is 0 Å². The van der Waals surface area contributed by atoms with Crippen LogP contribution < -0.4 is 4.74 Å². The summed E-state index contributed by atoms with van der Waals surface area (Å²) in [4.78, 5) is 0. The maximum absolute atomic E-state index is 5.86. The molecule has 0 spiro atoms. The Morgan fingerprint density at radius 2 is 2.00 bits per heavy atom. The molecule has 0 saturated carbocycles. The Kier molecular flexibility index (Phi) is 3.92. The van der Waals surface area contributed by atoms with Gasteiger partial charge >= 0.3 is 0 Å². The largest absolute Gasteiger partial charge is 0.496 e. The van der Waals surface area contributed by atoms with Crippen LogP contribution in [0.5, 0.6) is 5.75 Å². The van der Waals surface area contributed by atoms with E-state index in [1.807, 2.05) is 30.8 Å². The summed E-state index contributed by atoms with van der Waals surface area (Å²) >= 11 is 0. The molecule has 3 rings (SSSR count). The minimum absolute atomic E-state index is 0.327. The molecule has 2 aromatic rings. The van der Waals surface area contributed by atoms with Crippen molar-refractivity contribution in [2.24, 2.45) is 7.05 Å². The average Bonchev–Trinajstić information content (AvgIpc) is 2.86. The van der Waals surface area contributed by atoms with E-state index in [0.717, 1.165) is 31.1 Å². The molecule has 112 valence electrons. The van der Waals surface area contributed by atoms with Gasteiger partial charge in [0.2, 0.25) is 0 Å². The summed E-state index contributed by atoms with van der Waals surface area (Å²) < 4.78 is 13.2. The lowest BCUT2D eigenvalue weighted by molar-refractivity contribution is 0.0613. The van der Waals surface area contributed by atoms with E-state index in [1.54, 1.807) is 7.11 Å². The van der Waals surface area contributed by atoms with Crippen LogP contribution in [0.1, 0.15) is 35.2 Å². The number of nitrogens with zero attached hydrogens (tertiary/aromatic N) is 3. The molecule has 1 aliphatic heterocycles. The fraction of sp³-hybridized carbons (Fsp3) is 0.500. The molecule has 0 aliphatic carbocycles. The summed E-state index contributed by atoms with van der Waals surface area (Å²) in [6.07, 6.45) is 1.03. The second-order valence-electron chi connectivity index (χ2n) is 5.59. The lowest BCUT2D eigenvalue weighted by Gasteiger charge is -2.30. The van der Waals surface area contributed by atoms with Crippen LogP contribution in [0.2, 0.25) is 0 Å². The molecular weight excluding hydrogens is 266 g/mol. The molecule has 0 radical (unpaired) electrons. The van der Waals surface area contributed by atoms with E-state index < -0.39 is 0 Å². The van der Waals surface area contributed by atoms with Crippen molar-refractivity contribution < 1.29 is 9.47 Å². The Labute approximate surface area is 124 Å². The lowest BCUT2D eigenvalue weighted by Crippen LogP contribution is -2.25. The van der Waals surface area contributed by atoms with Crippen molar-refractivity contribution in [2.75, 3.05) is 20.3 Å². The van der Waals surface area contributed by atoms with Crippen molar-refractivity contribution in [1.82, 2.24) is 15.0 Å². The normalized spacial score (nSPS) is 22.2. The van der Waals surface area contributed by atoms with Crippen LogP contribution >= 0.6 is 0 Å². The molecule has 2 unspecified atom stereocenters. The number of hydrogen-bond donors (Lipinski definition) is 0. The van der Waals surface area contributed by atoms with E-state index in [2.05, 4.69) is 22.4 Å². The van der Waals surface area contributed by atoms with Crippen LogP contribution in [-0.4, -0.2) is 35.3 Å². The van der Waals surface area contributed by atoms with E-state index in [-0.39, 0.29) is 0 Å². The molecule has 0 bridgehead atoms. The van der Waals surface area contributed by atoms with Crippen molar-refractivity contribution in [3.63, 3.8) is 0 Å². The quantitative estimate of drug-likeness (QED) is 0.870. The first-order valence-corrected chi connectivity index (χ1v) is 7.27. The van der Waals surface area contributed by atoms with E-state index in [4.69, 9.17) is 9.47 Å². The SMILES string of the molecule is COc1ccccc1C1COCC(c2c(C)nnn2C)C1. The topological polar surface area (TPSA) is 49.2 Å². The Morgan fingerprint density at radius 1 is 1.24 bits per heavy atom. The minimum atomic E-state index is 0.327. The fourth-order valence-electron chi connectivity index (χ4n) is 3.27. The number of ether oxygens (including phenoxy) is 2. The van der Waals surface area contributed by atoms with Gasteiger partial charge in [0.05, 0.1) is 31.7 Å². The highest BCUT2D eigenvalue weighted by Crippen LogP contribution is 2.38. The van der Waals surface area contributed by atoms with Crippen molar-refractivity contribution in [3.05, 3.63) is 41.2 Å². The maximum atomic E-state index is 5.86. The standard InChI is InChI=1S/C16H21N3O2/c1-11-16(19(2)18-17-11)13-8-12(9-21-10-13)14-6-4-5-7-15(14)20-3/h4-7,12-13H,8-10H2,1-3H3. The van der Waals surface area contributed by atoms with Gasteiger partial charge in [0, 0.05) is 18.9 Å². The molecule has 5 heteroatoms. The van der Waals surface area contributed by atoms with Gasteiger partial charge in [-0.05, 0) is 25.0 Å². The summed E-state index contributed by atoms with van der Waals surface area (Å²) in [6.45, 7) is 3.48. The third-order valence-corrected chi connectivity index (χ3v) is 4.22. The zero-order valence-corrected chi connectivity index (χ0v) is 12.7. The monoisotopic (exact) mass is 287 g/mol. The van der Waals surface area contributed by atoms with E-state index in [9.17, 15) is 0 Å². The summed E-state index contributed by atoms with van der Waals surface area (Å²) in [7, 11) is 3.66. The van der Waals surface area contributed by atoms with Gasteiger partial charge in [0.1, 0.15) is 5.75 Å².